The van der Waals surface area contributed by atoms with Gasteiger partial charge in [-0.1, -0.05) is 17.4 Å². The van der Waals surface area contributed by atoms with Crippen molar-refractivity contribution in [1.82, 2.24) is 10.5 Å². The van der Waals surface area contributed by atoms with Crippen LogP contribution in [0, 0.1) is 5.41 Å². The summed E-state index contributed by atoms with van der Waals surface area (Å²) in [6, 6.07) is 1.67. The first-order chi connectivity index (χ1) is 6.94. The summed E-state index contributed by atoms with van der Waals surface area (Å²) in [5, 5.41) is 6.19. The molecule has 3 N–H and O–H groups in total. The second kappa shape index (κ2) is 4.39. The van der Waals surface area contributed by atoms with Gasteiger partial charge in [-0.2, -0.15) is 0 Å². The Kier molecular flexibility index (Phi) is 3.41. The number of hydrogen-bond donors (Lipinski definition) is 2. The minimum Gasteiger partial charge on any atom is -0.392 e. The van der Waals surface area contributed by atoms with E-state index < -0.39 is 5.41 Å². The molecule has 1 aromatic heterocycles. The van der Waals surface area contributed by atoms with Gasteiger partial charge in [-0.05, 0) is 13.8 Å². The summed E-state index contributed by atoms with van der Waals surface area (Å²) in [5.41, 5.74) is 4.60. The predicted octanol–water partition coefficient (Wildman–Crippen LogP) is 0.603. The number of nitrogens with zero attached hydrogens (tertiary/aromatic N) is 1. The Morgan fingerprint density at radius 1 is 1.73 bits per heavy atom. The van der Waals surface area contributed by atoms with Gasteiger partial charge >= 0.3 is 0 Å². The molecule has 0 unspecified atom stereocenters. The summed E-state index contributed by atoms with van der Waals surface area (Å²) in [7, 11) is 0. The SMILES string of the molecule is CC(C)(C(=O)NCc1ccno1)C(N)=S. The van der Waals surface area contributed by atoms with Crippen molar-refractivity contribution >= 4 is 23.1 Å². The first-order valence-corrected chi connectivity index (χ1v) is 4.83. The average Bonchev–Trinajstić information content (AvgIpc) is 2.66. The lowest BCUT2D eigenvalue weighted by molar-refractivity contribution is -0.126. The van der Waals surface area contributed by atoms with Crippen LogP contribution in [0.1, 0.15) is 19.6 Å². The van der Waals surface area contributed by atoms with Crippen molar-refractivity contribution in [3.8, 4) is 0 Å². The van der Waals surface area contributed by atoms with Crippen LogP contribution < -0.4 is 11.1 Å². The van der Waals surface area contributed by atoms with E-state index in [9.17, 15) is 4.79 Å². The Balaban J connectivity index is 2.53. The Bertz CT molecular complexity index is 359. The molecule has 0 saturated carbocycles. The predicted molar refractivity (Wildman–Crippen MR) is 58.9 cm³/mol. The quantitative estimate of drug-likeness (QED) is 0.736. The van der Waals surface area contributed by atoms with Crippen molar-refractivity contribution in [3.05, 3.63) is 18.0 Å². The Morgan fingerprint density at radius 3 is 2.87 bits per heavy atom. The van der Waals surface area contributed by atoms with Crippen molar-refractivity contribution in [1.29, 1.82) is 0 Å². The maximum absolute atomic E-state index is 11.7. The Labute approximate surface area is 93.0 Å². The van der Waals surface area contributed by atoms with E-state index in [1.165, 1.54) is 6.20 Å². The molecule has 0 spiro atoms. The van der Waals surface area contributed by atoms with Gasteiger partial charge in [0.2, 0.25) is 5.91 Å². The second-order valence-electron chi connectivity index (χ2n) is 3.65. The monoisotopic (exact) mass is 227 g/mol. The molecule has 1 heterocycles. The van der Waals surface area contributed by atoms with Crippen LogP contribution in [0.5, 0.6) is 0 Å². The fourth-order valence-electron chi connectivity index (χ4n) is 0.834. The smallest absolute Gasteiger partial charge is 0.232 e. The summed E-state index contributed by atoms with van der Waals surface area (Å²) in [4.78, 5) is 11.8. The fourth-order valence-corrected chi connectivity index (χ4v) is 0.926. The summed E-state index contributed by atoms with van der Waals surface area (Å²) < 4.78 is 4.83. The molecule has 0 aliphatic heterocycles. The first-order valence-electron chi connectivity index (χ1n) is 4.42. The first kappa shape index (κ1) is 11.6. The zero-order valence-corrected chi connectivity index (χ0v) is 9.43. The largest absolute Gasteiger partial charge is 0.392 e. The summed E-state index contributed by atoms with van der Waals surface area (Å²) in [5.74, 6) is 0.355. The van der Waals surface area contributed by atoms with Crippen molar-refractivity contribution in [2.24, 2.45) is 11.1 Å². The standard InChI is InChI=1S/C9H13N3O2S/c1-9(2,7(10)15)8(13)11-5-6-3-4-12-14-6/h3-4H,5H2,1-2H3,(H2,10,15)(H,11,13). The molecule has 1 aromatic rings. The van der Waals surface area contributed by atoms with Gasteiger partial charge in [0.05, 0.1) is 23.1 Å². The van der Waals surface area contributed by atoms with Gasteiger partial charge in [-0.15, -0.1) is 0 Å². The molecule has 0 aliphatic carbocycles. The molecule has 15 heavy (non-hydrogen) atoms. The van der Waals surface area contributed by atoms with Gasteiger partial charge < -0.3 is 15.6 Å². The van der Waals surface area contributed by atoms with E-state index in [0.717, 1.165) is 0 Å². The molecule has 0 atom stereocenters. The average molecular weight is 227 g/mol. The molecule has 1 rings (SSSR count). The maximum atomic E-state index is 11.7. The number of nitrogens with two attached hydrogens (primary N) is 1. The number of hydrogen-bond acceptors (Lipinski definition) is 4. The Hall–Kier alpha value is -1.43. The molecule has 0 aliphatic rings. The third kappa shape index (κ3) is 2.76. The molecule has 0 saturated heterocycles. The molecular formula is C9H13N3O2S. The van der Waals surface area contributed by atoms with Crippen LogP contribution in [-0.4, -0.2) is 16.1 Å². The topological polar surface area (TPSA) is 81.2 Å². The summed E-state index contributed by atoms with van der Waals surface area (Å²) >= 11 is 4.80. The third-order valence-corrected chi connectivity index (χ3v) is 2.61. The van der Waals surface area contributed by atoms with Crippen molar-refractivity contribution in [2.75, 3.05) is 0 Å². The molecule has 0 aromatic carbocycles. The molecule has 5 nitrogen and oxygen atoms in total. The molecular weight excluding hydrogens is 214 g/mol. The molecule has 6 heteroatoms. The fraction of sp³-hybridized carbons (Fsp3) is 0.444. The van der Waals surface area contributed by atoms with Gasteiger partial charge in [0, 0.05) is 6.07 Å². The molecule has 0 bridgehead atoms. The van der Waals surface area contributed by atoms with E-state index in [0.29, 0.717) is 5.76 Å². The summed E-state index contributed by atoms with van der Waals surface area (Å²) in [6.07, 6.45) is 1.51. The number of nitrogens with one attached hydrogen (secondary N) is 1. The second-order valence-corrected chi connectivity index (χ2v) is 4.09. The lowest BCUT2D eigenvalue weighted by Crippen LogP contribution is -2.44. The van der Waals surface area contributed by atoms with Crippen LogP contribution in [0.2, 0.25) is 0 Å². The van der Waals surface area contributed by atoms with Crippen molar-refractivity contribution < 1.29 is 9.32 Å². The van der Waals surface area contributed by atoms with Gasteiger partial charge in [0.15, 0.2) is 5.76 Å². The molecule has 0 radical (unpaired) electrons. The molecule has 82 valence electrons. The van der Waals surface area contributed by atoms with E-state index >= 15 is 0 Å². The highest BCUT2D eigenvalue weighted by atomic mass is 32.1. The van der Waals surface area contributed by atoms with Gasteiger partial charge in [0.25, 0.3) is 0 Å². The van der Waals surface area contributed by atoms with Crippen LogP contribution in [0.15, 0.2) is 16.8 Å². The van der Waals surface area contributed by atoms with Crippen LogP contribution >= 0.6 is 12.2 Å². The summed E-state index contributed by atoms with van der Waals surface area (Å²) in [6.45, 7) is 3.63. The highest BCUT2D eigenvalue weighted by Gasteiger charge is 2.30. The maximum Gasteiger partial charge on any atom is 0.232 e. The zero-order chi connectivity index (χ0) is 11.5. The van der Waals surface area contributed by atoms with E-state index in [2.05, 4.69) is 10.5 Å². The number of aromatic nitrogens is 1. The van der Waals surface area contributed by atoms with E-state index in [1.54, 1.807) is 19.9 Å². The molecule has 0 fully saturated rings. The lowest BCUT2D eigenvalue weighted by Gasteiger charge is -2.21. The lowest BCUT2D eigenvalue weighted by atomic mass is 9.92. The molecule has 1 amide bonds. The minimum atomic E-state index is -0.852. The normalized spacial score (nSPS) is 11.1. The van der Waals surface area contributed by atoms with Crippen molar-refractivity contribution in [2.45, 2.75) is 20.4 Å². The third-order valence-electron chi connectivity index (χ3n) is 2.10. The van der Waals surface area contributed by atoms with Crippen LogP contribution in [0.3, 0.4) is 0 Å². The van der Waals surface area contributed by atoms with Gasteiger partial charge in [0.1, 0.15) is 0 Å². The number of thiocarbonyl (C=S) groups is 1. The van der Waals surface area contributed by atoms with Crippen molar-refractivity contribution in [3.63, 3.8) is 0 Å². The number of carbonyl (C=O) groups is 1. The van der Waals surface area contributed by atoms with Crippen LogP contribution in [0.4, 0.5) is 0 Å². The van der Waals surface area contributed by atoms with E-state index in [4.69, 9.17) is 22.5 Å². The highest BCUT2D eigenvalue weighted by Crippen LogP contribution is 2.15. The van der Waals surface area contributed by atoms with E-state index in [-0.39, 0.29) is 17.4 Å². The van der Waals surface area contributed by atoms with Gasteiger partial charge in [-0.3, -0.25) is 4.79 Å². The number of amides is 1. The Morgan fingerprint density at radius 2 is 2.40 bits per heavy atom. The highest BCUT2D eigenvalue weighted by molar-refractivity contribution is 7.80. The number of rotatable bonds is 4. The van der Waals surface area contributed by atoms with Gasteiger partial charge in [-0.25, -0.2) is 0 Å². The zero-order valence-electron chi connectivity index (χ0n) is 8.61. The van der Waals surface area contributed by atoms with E-state index in [1.807, 2.05) is 0 Å². The minimum absolute atomic E-state index is 0.164. The van der Waals surface area contributed by atoms with Crippen LogP contribution in [0.25, 0.3) is 0 Å². The van der Waals surface area contributed by atoms with Crippen LogP contribution in [-0.2, 0) is 11.3 Å². The number of carbonyl (C=O) groups excluding carboxylic acids is 1.